The zero-order valence-corrected chi connectivity index (χ0v) is 12.2. The Labute approximate surface area is 126 Å². The summed E-state index contributed by atoms with van der Waals surface area (Å²) in [5, 5.41) is 19.6. The standard InChI is InChI=1S/C16H13N3OS/c1-10(20)12-7-6-11(9-17)8-15(12)21-16-18-13-4-2-3-5-14(13)19-16/h2-8,10,20H,1H3,(H,18,19)/t10-/m0/s1. The van der Waals surface area contributed by atoms with Crippen molar-refractivity contribution in [1.29, 1.82) is 5.26 Å². The summed E-state index contributed by atoms with van der Waals surface area (Å²) in [5.41, 5.74) is 3.22. The highest BCUT2D eigenvalue weighted by atomic mass is 32.2. The van der Waals surface area contributed by atoms with Crippen molar-refractivity contribution in [2.24, 2.45) is 0 Å². The quantitative estimate of drug-likeness (QED) is 0.773. The van der Waals surface area contributed by atoms with Crippen LogP contribution in [0.1, 0.15) is 24.2 Å². The van der Waals surface area contributed by atoms with Crippen molar-refractivity contribution in [2.45, 2.75) is 23.1 Å². The second kappa shape index (κ2) is 5.60. The summed E-state index contributed by atoms with van der Waals surface area (Å²) in [4.78, 5) is 8.58. The lowest BCUT2D eigenvalue weighted by Gasteiger charge is -2.10. The van der Waals surface area contributed by atoms with Crippen LogP contribution in [0.2, 0.25) is 0 Å². The zero-order chi connectivity index (χ0) is 14.8. The topological polar surface area (TPSA) is 72.7 Å². The van der Waals surface area contributed by atoms with Crippen molar-refractivity contribution in [3.8, 4) is 6.07 Å². The number of aliphatic hydroxyl groups excluding tert-OH is 1. The van der Waals surface area contributed by atoms with E-state index in [4.69, 9.17) is 5.26 Å². The number of rotatable bonds is 3. The first-order valence-electron chi connectivity index (χ1n) is 6.52. The predicted octanol–water partition coefficient (Wildman–Crippen LogP) is 3.64. The molecule has 1 heterocycles. The number of hydrogen-bond donors (Lipinski definition) is 2. The van der Waals surface area contributed by atoms with Gasteiger partial charge in [-0.1, -0.05) is 30.0 Å². The molecule has 2 N–H and O–H groups in total. The smallest absolute Gasteiger partial charge is 0.171 e. The molecule has 4 nitrogen and oxygen atoms in total. The van der Waals surface area contributed by atoms with Gasteiger partial charge in [0.15, 0.2) is 5.16 Å². The number of fused-ring (bicyclic) bond motifs is 1. The summed E-state index contributed by atoms with van der Waals surface area (Å²) in [7, 11) is 0. The van der Waals surface area contributed by atoms with Crippen LogP contribution in [0.3, 0.4) is 0 Å². The Morgan fingerprint density at radius 1 is 1.29 bits per heavy atom. The Kier molecular flexibility index (Phi) is 3.65. The fourth-order valence-corrected chi connectivity index (χ4v) is 3.17. The molecule has 1 aromatic heterocycles. The molecule has 0 aliphatic rings. The Hall–Kier alpha value is -2.29. The first-order valence-corrected chi connectivity index (χ1v) is 7.34. The maximum Gasteiger partial charge on any atom is 0.171 e. The number of H-pyrrole nitrogens is 1. The van der Waals surface area contributed by atoms with Gasteiger partial charge in [0, 0.05) is 4.90 Å². The van der Waals surface area contributed by atoms with E-state index in [2.05, 4.69) is 16.0 Å². The van der Waals surface area contributed by atoms with Crippen LogP contribution in [-0.2, 0) is 0 Å². The van der Waals surface area contributed by atoms with Gasteiger partial charge in [-0.3, -0.25) is 0 Å². The minimum Gasteiger partial charge on any atom is -0.389 e. The third-order valence-electron chi connectivity index (χ3n) is 3.17. The van der Waals surface area contributed by atoms with Gasteiger partial charge in [-0.15, -0.1) is 0 Å². The van der Waals surface area contributed by atoms with E-state index in [9.17, 15) is 5.11 Å². The molecule has 3 aromatic rings. The van der Waals surface area contributed by atoms with Crippen molar-refractivity contribution in [3.05, 3.63) is 53.6 Å². The van der Waals surface area contributed by atoms with Gasteiger partial charge >= 0.3 is 0 Å². The molecule has 0 aliphatic heterocycles. The number of imidazole rings is 1. The number of para-hydroxylation sites is 2. The van der Waals surface area contributed by atoms with Gasteiger partial charge < -0.3 is 10.1 Å². The highest BCUT2D eigenvalue weighted by molar-refractivity contribution is 7.99. The van der Waals surface area contributed by atoms with Crippen LogP contribution in [-0.4, -0.2) is 15.1 Å². The van der Waals surface area contributed by atoms with Gasteiger partial charge in [0.25, 0.3) is 0 Å². The molecule has 0 fully saturated rings. The lowest BCUT2D eigenvalue weighted by molar-refractivity contribution is 0.196. The first-order chi connectivity index (χ1) is 10.2. The molecule has 104 valence electrons. The van der Waals surface area contributed by atoms with Crippen LogP contribution in [0, 0.1) is 11.3 Å². The lowest BCUT2D eigenvalue weighted by atomic mass is 10.1. The summed E-state index contributed by atoms with van der Waals surface area (Å²) < 4.78 is 0. The molecule has 0 saturated carbocycles. The molecule has 5 heteroatoms. The Bertz CT molecular complexity index is 800. The highest BCUT2D eigenvalue weighted by Crippen LogP contribution is 2.33. The molecule has 0 spiro atoms. The Morgan fingerprint density at radius 3 is 2.81 bits per heavy atom. The molecular formula is C16H13N3OS. The molecule has 0 bridgehead atoms. The minimum absolute atomic E-state index is 0.568. The van der Waals surface area contributed by atoms with Crippen molar-refractivity contribution in [3.63, 3.8) is 0 Å². The number of aromatic nitrogens is 2. The maximum absolute atomic E-state index is 9.86. The van der Waals surface area contributed by atoms with Gasteiger partial charge in [-0.05, 0) is 36.8 Å². The van der Waals surface area contributed by atoms with Crippen molar-refractivity contribution in [1.82, 2.24) is 9.97 Å². The average molecular weight is 295 g/mol. The number of nitriles is 1. The van der Waals surface area contributed by atoms with Crippen LogP contribution < -0.4 is 0 Å². The van der Waals surface area contributed by atoms with Crippen LogP contribution >= 0.6 is 11.8 Å². The molecule has 0 saturated heterocycles. The summed E-state index contributed by atoms with van der Waals surface area (Å²) in [6, 6.07) is 15.2. The third kappa shape index (κ3) is 2.77. The zero-order valence-electron chi connectivity index (χ0n) is 11.4. The fourth-order valence-electron chi connectivity index (χ4n) is 2.12. The Balaban J connectivity index is 2.01. The van der Waals surface area contributed by atoms with E-state index in [1.54, 1.807) is 25.1 Å². The van der Waals surface area contributed by atoms with Gasteiger partial charge in [-0.25, -0.2) is 4.98 Å². The summed E-state index contributed by atoms with van der Waals surface area (Å²) >= 11 is 1.42. The monoisotopic (exact) mass is 295 g/mol. The van der Waals surface area contributed by atoms with E-state index >= 15 is 0 Å². The number of aromatic amines is 1. The summed E-state index contributed by atoms with van der Waals surface area (Å²) in [6.07, 6.45) is -0.593. The average Bonchev–Trinajstić information content (AvgIpc) is 2.89. The fraction of sp³-hybridized carbons (Fsp3) is 0.125. The normalized spacial score (nSPS) is 12.2. The third-order valence-corrected chi connectivity index (χ3v) is 4.13. The summed E-state index contributed by atoms with van der Waals surface area (Å²) in [5.74, 6) is 0. The molecule has 3 rings (SSSR count). The molecule has 21 heavy (non-hydrogen) atoms. The SMILES string of the molecule is C[C@H](O)c1ccc(C#N)cc1Sc1nc2ccccc2[nH]1. The van der Waals surface area contributed by atoms with Crippen molar-refractivity contribution < 1.29 is 5.11 Å². The molecule has 0 unspecified atom stereocenters. The molecule has 1 atom stereocenters. The van der Waals surface area contributed by atoms with Crippen molar-refractivity contribution >= 4 is 22.8 Å². The number of hydrogen-bond acceptors (Lipinski definition) is 4. The number of aliphatic hydroxyl groups is 1. The Morgan fingerprint density at radius 2 is 2.10 bits per heavy atom. The van der Waals surface area contributed by atoms with Crippen LogP contribution in [0.15, 0.2) is 52.5 Å². The number of nitrogens with one attached hydrogen (secondary N) is 1. The minimum atomic E-state index is -0.593. The second-order valence-electron chi connectivity index (χ2n) is 4.70. The lowest BCUT2D eigenvalue weighted by Crippen LogP contribution is -1.95. The molecule has 0 amide bonds. The first kappa shape index (κ1) is 13.7. The van der Waals surface area contributed by atoms with E-state index in [0.717, 1.165) is 26.6 Å². The van der Waals surface area contributed by atoms with Crippen LogP contribution in [0.5, 0.6) is 0 Å². The molecule has 0 aliphatic carbocycles. The van der Waals surface area contributed by atoms with E-state index < -0.39 is 6.10 Å². The van der Waals surface area contributed by atoms with Gasteiger partial charge in [0.05, 0.1) is 28.8 Å². The van der Waals surface area contributed by atoms with E-state index in [1.807, 2.05) is 24.3 Å². The van der Waals surface area contributed by atoms with Gasteiger partial charge in [0.1, 0.15) is 0 Å². The molecular weight excluding hydrogens is 282 g/mol. The number of nitrogens with zero attached hydrogens (tertiary/aromatic N) is 2. The van der Waals surface area contributed by atoms with E-state index in [1.165, 1.54) is 11.8 Å². The van der Waals surface area contributed by atoms with E-state index in [-0.39, 0.29) is 0 Å². The molecule has 0 radical (unpaired) electrons. The maximum atomic E-state index is 9.86. The van der Waals surface area contributed by atoms with E-state index in [0.29, 0.717) is 5.56 Å². The van der Waals surface area contributed by atoms with Crippen LogP contribution in [0.4, 0.5) is 0 Å². The highest BCUT2D eigenvalue weighted by Gasteiger charge is 2.12. The van der Waals surface area contributed by atoms with Gasteiger partial charge in [-0.2, -0.15) is 5.26 Å². The molecule has 2 aromatic carbocycles. The van der Waals surface area contributed by atoms with Crippen molar-refractivity contribution in [2.75, 3.05) is 0 Å². The summed E-state index contributed by atoms with van der Waals surface area (Å²) in [6.45, 7) is 1.71. The largest absolute Gasteiger partial charge is 0.389 e. The van der Waals surface area contributed by atoms with Crippen LogP contribution in [0.25, 0.3) is 11.0 Å². The second-order valence-corrected chi connectivity index (χ2v) is 5.73. The predicted molar refractivity (Wildman–Crippen MR) is 82.0 cm³/mol. The van der Waals surface area contributed by atoms with Gasteiger partial charge in [0.2, 0.25) is 0 Å². The number of benzene rings is 2.